The molecular weight excluding hydrogens is 305 g/mol. The molecule has 1 atom stereocenters. The Hall–Kier alpha value is -0.460. The van der Waals surface area contributed by atoms with Crippen LogP contribution in [0.15, 0.2) is 24.3 Å². The van der Waals surface area contributed by atoms with Gasteiger partial charge in [0.15, 0.2) is 5.78 Å². The summed E-state index contributed by atoms with van der Waals surface area (Å²) in [4.78, 5) is 11.6. The average Bonchev–Trinajstić information content (AvgIpc) is 2.22. The van der Waals surface area contributed by atoms with E-state index in [4.69, 9.17) is 10.5 Å². The van der Waals surface area contributed by atoms with Gasteiger partial charge in [0.1, 0.15) is 0 Å². The van der Waals surface area contributed by atoms with Gasteiger partial charge >= 0.3 is 0 Å². The Labute approximate surface area is 103 Å². The molecule has 0 spiro atoms. The maximum atomic E-state index is 11.6. The van der Waals surface area contributed by atoms with Crippen LogP contribution in [0, 0.1) is 3.57 Å². The quantitative estimate of drug-likeness (QED) is 0.834. The first-order chi connectivity index (χ1) is 7.13. The number of Topliss-reactive ketones (excluding diaryl/α,β-unsaturated/α-hetero) is 1. The van der Waals surface area contributed by atoms with Gasteiger partial charge in [0.2, 0.25) is 0 Å². The summed E-state index contributed by atoms with van der Waals surface area (Å²) in [6, 6.07) is 7.32. The van der Waals surface area contributed by atoms with Gasteiger partial charge in [-0.25, -0.2) is 0 Å². The summed E-state index contributed by atoms with van der Waals surface area (Å²) in [7, 11) is 1.54. The Morgan fingerprint density at radius 1 is 1.47 bits per heavy atom. The third kappa shape index (κ3) is 4.27. The Bertz CT molecular complexity index is 324. The highest BCUT2D eigenvalue weighted by Gasteiger charge is 2.13. The molecular formula is C11H14INO2. The zero-order valence-corrected chi connectivity index (χ0v) is 10.7. The van der Waals surface area contributed by atoms with E-state index in [1.165, 1.54) is 7.11 Å². The molecule has 3 nitrogen and oxygen atoms in total. The summed E-state index contributed by atoms with van der Waals surface area (Å²) >= 11 is 2.23. The second-order valence-corrected chi connectivity index (χ2v) is 4.58. The fraction of sp³-hybridized carbons (Fsp3) is 0.364. The van der Waals surface area contributed by atoms with Crippen molar-refractivity contribution in [3.63, 3.8) is 0 Å². The molecule has 4 heteroatoms. The number of rotatable bonds is 5. The van der Waals surface area contributed by atoms with E-state index < -0.39 is 6.04 Å². The van der Waals surface area contributed by atoms with Gasteiger partial charge in [-0.3, -0.25) is 4.79 Å². The molecule has 15 heavy (non-hydrogen) atoms. The van der Waals surface area contributed by atoms with Crippen molar-refractivity contribution < 1.29 is 9.53 Å². The lowest BCUT2D eigenvalue weighted by Gasteiger charge is -2.08. The number of halogens is 1. The molecule has 1 rings (SSSR count). The fourth-order valence-electron chi connectivity index (χ4n) is 1.21. The molecule has 1 aromatic carbocycles. The van der Waals surface area contributed by atoms with Gasteiger partial charge in [0.25, 0.3) is 0 Å². The summed E-state index contributed by atoms with van der Waals surface area (Å²) in [5.74, 6) is 0.0121. The van der Waals surface area contributed by atoms with E-state index in [-0.39, 0.29) is 12.4 Å². The number of ether oxygens (including phenoxy) is 1. The molecule has 0 aliphatic heterocycles. The Balaban J connectivity index is 2.54. The minimum atomic E-state index is -0.519. The molecule has 0 heterocycles. The molecule has 0 aliphatic carbocycles. The van der Waals surface area contributed by atoms with Crippen molar-refractivity contribution in [1.29, 1.82) is 0 Å². The van der Waals surface area contributed by atoms with E-state index in [9.17, 15) is 4.79 Å². The summed E-state index contributed by atoms with van der Waals surface area (Å²) in [5, 5.41) is 0. The lowest BCUT2D eigenvalue weighted by atomic mass is 10.1. The van der Waals surface area contributed by atoms with Crippen LogP contribution in [0.4, 0.5) is 0 Å². The number of hydrogen-bond acceptors (Lipinski definition) is 3. The first-order valence-electron chi connectivity index (χ1n) is 4.65. The topological polar surface area (TPSA) is 52.3 Å². The average molecular weight is 319 g/mol. The largest absolute Gasteiger partial charge is 0.383 e. The molecule has 0 fully saturated rings. The predicted molar refractivity (Wildman–Crippen MR) is 67.7 cm³/mol. The third-order valence-corrected chi connectivity index (χ3v) is 2.77. The molecule has 0 saturated carbocycles. The maximum Gasteiger partial charge on any atom is 0.156 e. The number of carbonyl (C=O) groups is 1. The van der Waals surface area contributed by atoms with Crippen LogP contribution in [0.25, 0.3) is 0 Å². The number of hydrogen-bond donors (Lipinski definition) is 1. The van der Waals surface area contributed by atoms with Crippen molar-refractivity contribution in [2.45, 2.75) is 12.5 Å². The highest BCUT2D eigenvalue weighted by atomic mass is 127. The Morgan fingerprint density at radius 3 is 2.60 bits per heavy atom. The second-order valence-electron chi connectivity index (χ2n) is 3.33. The van der Waals surface area contributed by atoms with Gasteiger partial charge in [-0.1, -0.05) is 12.1 Å². The zero-order chi connectivity index (χ0) is 11.3. The Morgan fingerprint density at radius 2 is 2.07 bits per heavy atom. The lowest BCUT2D eigenvalue weighted by Crippen LogP contribution is -2.35. The van der Waals surface area contributed by atoms with E-state index in [2.05, 4.69) is 22.6 Å². The van der Waals surface area contributed by atoms with Crippen LogP contribution < -0.4 is 5.73 Å². The summed E-state index contributed by atoms with van der Waals surface area (Å²) in [5.41, 5.74) is 6.62. The van der Waals surface area contributed by atoms with Crippen LogP contribution in [0.2, 0.25) is 0 Å². The molecule has 0 radical (unpaired) electrons. The normalized spacial score (nSPS) is 12.5. The van der Waals surface area contributed by atoms with Crippen LogP contribution in [-0.4, -0.2) is 25.5 Å². The zero-order valence-electron chi connectivity index (χ0n) is 8.57. The molecule has 2 N–H and O–H groups in total. The monoisotopic (exact) mass is 319 g/mol. The van der Waals surface area contributed by atoms with Crippen molar-refractivity contribution in [3.8, 4) is 0 Å². The number of nitrogens with two attached hydrogens (primary N) is 1. The predicted octanol–water partition coefficient (Wildman–Crippen LogP) is 1.38. The molecule has 0 aromatic heterocycles. The molecule has 0 bridgehead atoms. The van der Waals surface area contributed by atoms with E-state index in [1.54, 1.807) is 0 Å². The molecule has 0 amide bonds. The van der Waals surface area contributed by atoms with Gasteiger partial charge in [0.05, 0.1) is 12.6 Å². The molecule has 0 aliphatic rings. The molecule has 0 saturated heterocycles. The van der Waals surface area contributed by atoms with Gasteiger partial charge < -0.3 is 10.5 Å². The van der Waals surface area contributed by atoms with Gasteiger partial charge in [-0.15, -0.1) is 0 Å². The third-order valence-electron chi connectivity index (χ3n) is 2.05. The summed E-state index contributed by atoms with van der Waals surface area (Å²) in [6.07, 6.45) is 0.376. The van der Waals surface area contributed by atoms with Crippen molar-refractivity contribution in [3.05, 3.63) is 33.4 Å². The van der Waals surface area contributed by atoms with E-state index in [0.717, 1.165) is 9.13 Å². The van der Waals surface area contributed by atoms with Crippen LogP contribution in [0.5, 0.6) is 0 Å². The molecule has 82 valence electrons. The van der Waals surface area contributed by atoms with Crippen molar-refractivity contribution in [2.75, 3.05) is 13.7 Å². The number of carbonyl (C=O) groups excluding carboxylic acids is 1. The van der Waals surface area contributed by atoms with E-state index >= 15 is 0 Å². The minimum absolute atomic E-state index is 0.0121. The summed E-state index contributed by atoms with van der Waals surface area (Å²) < 4.78 is 5.99. The molecule has 1 unspecified atom stereocenters. The van der Waals surface area contributed by atoms with Crippen molar-refractivity contribution >= 4 is 28.4 Å². The number of ketones is 1. The first kappa shape index (κ1) is 12.6. The van der Waals surface area contributed by atoms with E-state index in [1.807, 2.05) is 24.3 Å². The van der Waals surface area contributed by atoms with Crippen LogP contribution in [0.1, 0.15) is 5.56 Å². The minimum Gasteiger partial charge on any atom is -0.383 e. The van der Waals surface area contributed by atoms with Crippen molar-refractivity contribution in [1.82, 2.24) is 0 Å². The standard InChI is InChI=1S/C11H14INO2/c1-15-7-10(13)11(14)6-8-2-4-9(12)5-3-8/h2-5,10H,6-7,13H2,1H3. The summed E-state index contributed by atoms with van der Waals surface area (Å²) in [6.45, 7) is 0.281. The highest BCUT2D eigenvalue weighted by molar-refractivity contribution is 14.1. The number of benzene rings is 1. The van der Waals surface area contributed by atoms with Gasteiger partial charge in [0, 0.05) is 17.1 Å². The smallest absolute Gasteiger partial charge is 0.156 e. The SMILES string of the molecule is COCC(N)C(=O)Cc1ccc(I)cc1. The van der Waals surface area contributed by atoms with Crippen LogP contribution in [0.3, 0.4) is 0 Å². The van der Waals surface area contributed by atoms with Crippen molar-refractivity contribution in [2.24, 2.45) is 5.73 Å². The van der Waals surface area contributed by atoms with Crippen LogP contribution in [-0.2, 0) is 16.0 Å². The van der Waals surface area contributed by atoms with Gasteiger partial charge in [-0.05, 0) is 40.3 Å². The first-order valence-corrected chi connectivity index (χ1v) is 5.73. The Kier molecular flexibility index (Phi) is 5.21. The lowest BCUT2D eigenvalue weighted by molar-refractivity contribution is -0.120. The fourth-order valence-corrected chi connectivity index (χ4v) is 1.57. The number of methoxy groups -OCH3 is 1. The van der Waals surface area contributed by atoms with Gasteiger partial charge in [-0.2, -0.15) is 0 Å². The molecule has 1 aromatic rings. The van der Waals surface area contributed by atoms with Crippen LogP contribution >= 0.6 is 22.6 Å². The van der Waals surface area contributed by atoms with E-state index in [0.29, 0.717) is 6.42 Å². The highest BCUT2D eigenvalue weighted by Crippen LogP contribution is 2.08. The second kappa shape index (κ2) is 6.19. The maximum absolute atomic E-state index is 11.6.